The van der Waals surface area contributed by atoms with Gasteiger partial charge in [-0.1, -0.05) is 0 Å². The first-order chi connectivity index (χ1) is 17.2. The lowest BCUT2D eigenvalue weighted by Gasteiger charge is -2.31. The van der Waals surface area contributed by atoms with Gasteiger partial charge in [-0.05, 0) is 64.4 Å². The molecule has 1 aliphatic heterocycles. The summed E-state index contributed by atoms with van der Waals surface area (Å²) in [7, 11) is 0. The lowest BCUT2D eigenvalue weighted by Crippen LogP contribution is -2.45. The number of rotatable bonds is 2. The van der Waals surface area contributed by atoms with E-state index in [0.29, 0.717) is 13.0 Å². The fraction of sp³-hybridized carbons (Fsp3) is 0.440. The minimum atomic E-state index is -4.77. The van der Waals surface area contributed by atoms with Gasteiger partial charge in [-0.25, -0.2) is 18.7 Å². The number of hydrogen-bond acceptors (Lipinski definition) is 5. The molecular formula is C25H27F4N5O3. The molecule has 1 unspecified atom stereocenters. The van der Waals surface area contributed by atoms with Gasteiger partial charge in [0.05, 0.1) is 11.9 Å². The normalized spacial score (nSPS) is 17.1. The van der Waals surface area contributed by atoms with E-state index in [-0.39, 0.29) is 36.1 Å². The Morgan fingerprint density at radius 3 is 2.38 bits per heavy atom. The van der Waals surface area contributed by atoms with Crippen molar-refractivity contribution >= 4 is 17.6 Å². The van der Waals surface area contributed by atoms with Crippen LogP contribution in [0.5, 0.6) is 0 Å². The summed E-state index contributed by atoms with van der Waals surface area (Å²) in [6.07, 6.45) is -3.64. The second-order valence-electron chi connectivity index (χ2n) is 9.97. The molecule has 3 aromatic rings. The number of hydrogen-bond donors (Lipinski definition) is 0. The minimum absolute atomic E-state index is 0.0485. The number of halogens is 4. The third kappa shape index (κ3) is 5.83. The van der Waals surface area contributed by atoms with Gasteiger partial charge in [-0.2, -0.15) is 18.3 Å². The van der Waals surface area contributed by atoms with Gasteiger partial charge in [0.1, 0.15) is 22.7 Å². The van der Waals surface area contributed by atoms with Crippen LogP contribution in [0.4, 0.5) is 22.4 Å². The topological polar surface area (TPSA) is 80.0 Å². The summed E-state index contributed by atoms with van der Waals surface area (Å²) in [6.45, 7) is 7.87. The van der Waals surface area contributed by atoms with Crippen LogP contribution in [-0.2, 0) is 10.9 Å². The van der Waals surface area contributed by atoms with Gasteiger partial charge in [0.2, 0.25) is 0 Å². The Bertz CT molecular complexity index is 1310. The van der Waals surface area contributed by atoms with E-state index in [9.17, 15) is 27.2 Å². The Hall–Kier alpha value is -3.70. The van der Waals surface area contributed by atoms with Crippen LogP contribution in [0.2, 0.25) is 0 Å². The minimum Gasteiger partial charge on any atom is -0.444 e. The van der Waals surface area contributed by atoms with Crippen molar-refractivity contribution in [3.63, 3.8) is 0 Å². The number of nitrogens with zero attached hydrogens (tertiary/aromatic N) is 5. The van der Waals surface area contributed by atoms with E-state index in [1.807, 2.05) is 0 Å². The number of carbonyl (C=O) groups excluding carboxylic acids is 2. The third-order valence-electron chi connectivity index (χ3n) is 5.85. The summed E-state index contributed by atoms with van der Waals surface area (Å²) in [5.74, 6) is -1.10. The number of benzene rings is 1. The standard InChI is InChI=1S/C25H27F4N5O3/c1-15-13-32(10-5-11-33(15)23(36)37-24(2,3)4)22(35)20-14-34-21(30-20)18(25(27,28)29)12-19(31-34)16-6-8-17(26)9-7-16/h6-9,12,14-15H,5,10-11,13H2,1-4H3. The highest BCUT2D eigenvalue weighted by molar-refractivity contribution is 5.93. The van der Waals surface area contributed by atoms with Crippen LogP contribution in [0.25, 0.3) is 16.9 Å². The number of alkyl halides is 3. The lowest BCUT2D eigenvalue weighted by atomic mass is 10.1. The highest BCUT2D eigenvalue weighted by Gasteiger charge is 2.36. The summed E-state index contributed by atoms with van der Waals surface area (Å²) in [5.41, 5.74) is -2.23. The fourth-order valence-electron chi connectivity index (χ4n) is 4.15. The SMILES string of the molecule is CC1CN(C(=O)c2cn3nc(-c4ccc(F)cc4)cc(C(F)(F)F)c3n2)CCCN1C(=O)OC(C)(C)C. The Balaban J connectivity index is 1.64. The van der Waals surface area contributed by atoms with Crippen LogP contribution in [0.3, 0.4) is 0 Å². The summed E-state index contributed by atoms with van der Waals surface area (Å²) in [5, 5.41) is 4.19. The number of ether oxygens (including phenoxy) is 1. The van der Waals surface area contributed by atoms with E-state index < -0.39 is 40.8 Å². The van der Waals surface area contributed by atoms with Gasteiger partial charge in [0, 0.05) is 31.2 Å². The van der Waals surface area contributed by atoms with Crippen molar-refractivity contribution in [3.05, 3.63) is 53.6 Å². The largest absolute Gasteiger partial charge is 0.444 e. The van der Waals surface area contributed by atoms with Crippen LogP contribution < -0.4 is 0 Å². The molecule has 1 saturated heterocycles. The molecule has 1 fully saturated rings. The maximum atomic E-state index is 13.9. The molecule has 0 radical (unpaired) electrons. The average molecular weight is 522 g/mol. The van der Waals surface area contributed by atoms with Gasteiger partial charge in [-0.15, -0.1) is 0 Å². The number of amides is 2. The van der Waals surface area contributed by atoms with E-state index in [0.717, 1.165) is 28.9 Å². The Morgan fingerprint density at radius 1 is 1.08 bits per heavy atom. The Kier molecular flexibility index (Phi) is 6.87. The molecule has 1 aliphatic rings. The van der Waals surface area contributed by atoms with Crippen molar-refractivity contribution in [1.29, 1.82) is 0 Å². The molecular weight excluding hydrogens is 494 g/mol. The van der Waals surface area contributed by atoms with Crippen LogP contribution in [0.15, 0.2) is 36.5 Å². The van der Waals surface area contributed by atoms with Crippen molar-refractivity contribution in [3.8, 4) is 11.3 Å². The molecule has 0 spiro atoms. The average Bonchev–Trinajstić information content (AvgIpc) is 3.12. The highest BCUT2D eigenvalue weighted by Crippen LogP contribution is 2.34. The fourth-order valence-corrected chi connectivity index (χ4v) is 4.15. The van der Waals surface area contributed by atoms with Crippen molar-refractivity contribution < 1.29 is 31.9 Å². The first-order valence-electron chi connectivity index (χ1n) is 11.8. The zero-order valence-electron chi connectivity index (χ0n) is 20.8. The summed E-state index contributed by atoms with van der Waals surface area (Å²) < 4.78 is 61.4. The molecule has 0 bridgehead atoms. The van der Waals surface area contributed by atoms with Gasteiger partial charge < -0.3 is 14.5 Å². The Labute approximate surface area is 210 Å². The van der Waals surface area contributed by atoms with Crippen LogP contribution >= 0.6 is 0 Å². The molecule has 1 aromatic carbocycles. The third-order valence-corrected chi connectivity index (χ3v) is 5.85. The van der Waals surface area contributed by atoms with Gasteiger partial charge in [0.15, 0.2) is 5.65 Å². The zero-order valence-corrected chi connectivity index (χ0v) is 20.8. The van der Waals surface area contributed by atoms with Crippen molar-refractivity contribution in [2.75, 3.05) is 19.6 Å². The highest BCUT2D eigenvalue weighted by atomic mass is 19.4. The summed E-state index contributed by atoms with van der Waals surface area (Å²) in [4.78, 5) is 32.9. The van der Waals surface area contributed by atoms with Crippen molar-refractivity contribution in [2.24, 2.45) is 0 Å². The van der Waals surface area contributed by atoms with Gasteiger partial charge in [0.25, 0.3) is 5.91 Å². The number of imidazole rings is 1. The van der Waals surface area contributed by atoms with Crippen molar-refractivity contribution in [1.82, 2.24) is 24.4 Å². The predicted molar refractivity (Wildman–Crippen MR) is 126 cm³/mol. The molecule has 2 amide bonds. The quantitative estimate of drug-likeness (QED) is 0.442. The smallest absolute Gasteiger partial charge is 0.420 e. The summed E-state index contributed by atoms with van der Waals surface area (Å²) in [6, 6.07) is 5.34. The molecule has 198 valence electrons. The second kappa shape index (κ2) is 9.64. The lowest BCUT2D eigenvalue weighted by molar-refractivity contribution is -0.136. The molecule has 0 aliphatic carbocycles. The summed E-state index contributed by atoms with van der Waals surface area (Å²) >= 11 is 0. The monoisotopic (exact) mass is 521 g/mol. The number of aromatic nitrogens is 3. The van der Waals surface area contributed by atoms with Crippen LogP contribution in [0, 0.1) is 5.82 Å². The molecule has 4 rings (SSSR count). The van der Waals surface area contributed by atoms with E-state index in [1.54, 1.807) is 32.6 Å². The predicted octanol–water partition coefficient (Wildman–Crippen LogP) is 5.03. The van der Waals surface area contributed by atoms with E-state index in [1.165, 1.54) is 17.0 Å². The molecule has 3 heterocycles. The first kappa shape index (κ1) is 26.4. The molecule has 8 nitrogen and oxygen atoms in total. The molecule has 0 N–H and O–H groups in total. The molecule has 37 heavy (non-hydrogen) atoms. The van der Waals surface area contributed by atoms with E-state index in [4.69, 9.17) is 4.74 Å². The van der Waals surface area contributed by atoms with Crippen LogP contribution in [-0.4, -0.2) is 67.7 Å². The molecule has 12 heteroatoms. The van der Waals surface area contributed by atoms with E-state index >= 15 is 0 Å². The maximum Gasteiger partial charge on any atom is 0.420 e. The van der Waals surface area contributed by atoms with Crippen molar-refractivity contribution in [2.45, 2.75) is 51.9 Å². The van der Waals surface area contributed by atoms with E-state index in [2.05, 4.69) is 10.1 Å². The molecule has 1 atom stereocenters. The van der Waals surface area contributed by atoms with Gasteiger partial charge >= 0.3 is 12.3 Å². The number of carbonyl (C=O) groups is 2. The maximum absolute atomic E-state index is 13.9. The molecule has 2 aromatic heterocycles. The van der Waals surface area contributed by atoms with Crippen LogP contribution in [0.1, 0.15) is 50.2 Å². The zero-order chi connectivity index (χ0) is 27.1. The first-order valence-corrected chi connectivity index (χ1v) is 11.8. The Morgan fingerprint density at radius 2 is 1.76 bits per heavy atom. The second-order valence-corrected chi connectivity index (χ2v) is 9.97. The van der Waals surface area contributed by atoms with Gasteiger partial charge in [-0.3, -0.25) is 4.79 Å². The molecule has 0 saturated carbocycles. The number of fused-ring (bicyclic) bond motifs is 1.